The Kier molecular flexibility index (Phi) is 4.42. The summed E-state index contributed by atoms with van der Waals surface area (Å²) >= 11 is 0. The van der Waals surface area contributed by atoms with Gasteiger partial charge in [0.05, 0.1) is 12.7 Å². The monoisotopic (exact) mass is 332 g/mol. The van der Waals surface area contributed by atoms with Gasteiger partial charge in [-0.3, -0.25) is 0 Å². The molecule has 2 aliphatic heterocycles. The molecule has 2 saturated heterocycles. The molecule has 6 atom stereocenters. The molecule has 4 nitrogen and oxygen atoms in total. The molecule has 3 aliphatic rings. The van der Waals surface area contributed by atoms with Gasteiger partial charge in [-0.15, -0.1) is 0 Å². The van der Waals surface area contributed by atoms with Crippen LogP contribution in [0.2, 0.25) is 0 Å². The Morgan fingerprint density at radius 2 is 1.88 bits per heavy atom. The van der Waals surface area contributed by atoms with E-state index in [4.69, 9.17) is 18.9 Å². The van der Waals surface area contributed by atoms with E-state index in [2.05, 4.69) is 30.3 Å². The minimum absolute atomic E-state index is 0.0423. The van der Waals surface area contributed by atoms with Crippen molar-refractivity contribution < 1.29 is 18.9 Å². The average molecular weight is 332 g/mol. The molecule has 1 aromatic carbocycles. The van der Waals surface area contributed by atoms with Gasteiger partial charge in [-0.25, -0.2) is 0 Å². The number of hydrogen-bond acceptors (Lipinski definition) is 4. The Labute approximate surface area is 144 Å². The van der Waals surface area contributed by atoms with Gasteiger partial charge in [0.25, 0.3) is 0 Å². The minimum Gasteiger partial charge on any atom is -0.381 e. The standard InChI is InChI=1S/C20H28O4/c1-4-21-12-15-10-14(13-8-6-5-7-9-13)11-16-17(15)22-19-18(16)23-20(2,3)24-19/h5-9,14-19H,4,10-12H2,1-3H3. The smallest absolute Gasteiger partial charge is 0.187 e. The van der Waals surface area contributed by atoms with Gasteiger partial charge in [0.1, 0.15) is 6.10 Å². The summed E-state index contributed by atoms with van der Waals surface area (Å²) in [7, 11) is 0. The third-order valence-corrected chi connectivity index (χ3v) is 5.64. The molecule has 3 fully saturated rings. The molecule has 2 heterocycles. The predicted molar refractivity (Wildman–Crippen MR) is 90.6 cm³/mol. The highest BCUT2D eigenvalue weighted by atomic mass is 16.8. The van der Waals surface area contributed by atoms with Crippen molar-refractivity contribution in [3.05, 3.63) is 35.9 Å². The Morgan fingerprint density at radius 1 is 1.08 bits per heavy atom. The van der Waals surface area contributed by atoms with Gasteiger partial charge in [0.2, 0.25) is 0 Å². The maximum Gasteiger partial charge on any atom is 0.187 e. The van der Waals surface area contributed by atoms with Crippen LogP contribution in [0.4, 0.5) is 0 Å². The van der Waals surface area contributed by atoms with Crippen molar-refractivity contribution in [3.63, 3.8) is 0 Å². The lowest BCUT2D eigenvalue weighted by Gasteiger charge is -2.39. The van der Waals surface area contributed by atoms with Crippen LogP contribution in [0.15, 0.2) is 30.3 Å². The van der Waals surface area contributed by atoms with Crippen molar-refractivity contribution in [2.45, 2.75) is 63.8 Å². The van der Waals surface area contributed by atoms with Crippen LogP contribution in [0, 0.1) is 11.8 Å². The molecule has 132 valence electrons. The molecule has 0 amide bonds. The number of fused-ring (bicyclic) bond motifs is 3. The summed E-state index contributed by atoms with van der Waals surface area (Å²) in [5.74, 6) is 0.763. The lowest BCUT2D eigenvalue weighted by molar-refractivity contribution is -0.221. The number of ether oxygens (including phenoxy) is 4. The van der Waals surface area contributed by atoms with Gasteiger partial charge < -0.3 is 18.9 Å². The summed E-state index contributed by atoms with van der Waals surface area (Å²) in [4.78, 5) is 0. The molecule has 0 N–H and O–H groups in total. The van der Waals surface area contributed by atoms with Gasteiger partial charge in [-0.2, -0.15) is 0 Å². The quantitative estimate of drug-likeness (QED) is 0.842. The number of benzene rings is 1. The maximum atomic E-state index is 6.29. The van der Waals surface area contributed by atoms with Crippen molar-refractivity contribution in [1.82, 2.24) is 0 Å². The molecule has 1 saturated carbocycles. The summed E-state index contributed by atoms with van der Waals surface area (Å²) in [5.41, 5.74) is 1.42. The third-order valence-electron chi connectivity index (χ3n) is 5.64. The second kappa shape index (κ2) is 6.41. The van der Waals surface area contributed by atoms with Gasteiger partial charge in [-0.1, -0.05) is 30.3 Å². The van der Waals surface area contributed by atoms with Crippen molar-refractivity contribution in [3.8, 4) is 0 Å². The fraction of sp³-hybridized carbons (Fsp3) is 0.700. The molecule has 0 spiro atoms. The van der Waals surface area contributed by atoms with E-state index in [0.717, 1.165) is 26.1 Å². The molecule has 1 aromatic rings. The third kappa shape index (κ3) is 3.01. The zero-order chi connectivity index (χ0) is 16.7. The van der Waals surface area contributed by atoms with Crippen LogP contribution in [-0.2, 0) is 18.9 Å². The zero-order valence-corrected chi connectivity index (χ0v) is 14.8. The van der Waals surface area contributed by atoms with Crippen LogP contribution in [0.5, 0.6) is 0 Å². The largest absolute Gasteiger partial charge is 0.381 e. The normalized spacial score (nSPS) is 40.3. The molecule has 4 heteroatoms. The summed E-state index contributed by atoms with van der Waals surface area (Å²) in [6.07, 6.45) is 2.20. The van der Waals surface area contributed by atoms with Gasteiger partial charge in [0.15, 0.2) is 12.1 Å². The lowest BCUT2D eigenvalue weighted by atomic mass is 9.70. The molecular formula is C20H28O4. The van der Waals surface area contributed by atoms with Crippen molar-refractivity contribution >= 4 is 0 Å². The van der Waals surface area contributed by atoms with Gasteiger partial charge in [0, 0.05) is 18.4 Å². The molecule has 0 radical (unpaired) electrons. The van der Waals surface area contributed by atoms with E-state index in [-0.39, 0.29) is 18.5 Å². The first-order valence-electron chi connectivity index (χ1n) is 9.21. The highest BCUT2D eigenvalue weighted by Gasteiger charge is 2.58. The average Bonchev–Trinajstić information content (AvgIpc) is 3.05. The molecule has 24 heavy (non-hydrogen) atoms. The molecular weight excluding hydrogens is 304 g/mol. The van der Waals surface area contributed by atoms with Crippen molar-refractivity contribution in [2.24, 2.45) is 11.8 Å². The van der Waals surface area contributed by atoms with E-state index in [9.17, 15) is 0 Å². The van der Waals surface area contributed by atoms with Gasteiger partial charge >= 0.3 is 0 Å². The summed E-state index contributed by atoms with van der Waals surface area (Å²) in [6.45, 7) is 7.49. The first kappa shape index (κ1) is 16.5. The SMILES string of the molecule is CCOCC1CC(c2ccccc2)CC2C1OC1OC(C)(C)OC12. The van der Waals surface area contributed by atoms with Crippen molar-refractivity contribution in [1.29, 1.82) is 0 Å². The summed E-state index contributed by atoms with van der Waals surface area (Å²) in [5, 5.41) is 0. The summed E-state index contributed by atoms with van der Waals surface area (Å²) < 4.78 is 24.2. The number of rotatable bonds is 4. The van der Waals surface area contributed by atoms with E-state index in [1.165, 1.54) is 5.56 Å². The van der Waals surface area contributed by atoms with Crippen LogP contribution in [0.3, 0.4) is 0 Å². The maximum absolute atomic E-state index is 6.29. The fourth-order valence-electron chi connectivity index (χ4n) is 4.68. The van der Waals surface area contributed by atoms with E-state index >= 15 is 0 Å². The highest BCUT2D eigenvalue weighted by Crippen LogP contribution is 2.51. The summed E-state index contributed by atoms with van der Waals surface area (Å²) in [6, 6.07) is 10.8. The second-order valence-electron chi connectivity index (χ2n) is 7.73. The van der Waals surface area contributed by atoms with E-state index < -0.39 is 5.79 Å². The Bertz CT molecular complexity index is 558. The minimum atomic E-state index is -0.546. The van der Waals surface area contributed by atoms with Crippen LogP contribution in [0.1, 0.15) is 45.1 Å². The van der Waals surface area contributed by atoms with Crippen LogP contribution in [-0.4, -0.2) is 37.5 Å². The first-order chi connectivity index (χ1) is 11.6. The van der Waals surface area contributed by atoms with Crippen LogP contribution < -0.4 is 0 Å². The molecule has 4 rings (SSSR count). The Morgan fingerprint density at radius 3 is 2.62 bits per heavy atom. The van der Waals surface area contributed by atoms with E-state index in [1.54, 1.807) is 0 Å². The fourth-order valence-corrected chi connectivity index (χ4v) is 4.68. The molecule has 0 bridgehead atoms. The first-order valence-corrected chi connectivity index (χ1v) is 9.21. The lowest BCUT2D eigenvalue weighted by Crippen LogP contribution is -2.41. The van der Waals surface area contributed by atoms with Crippen LogP contribution in [0.25, 0.3) is 0 Å². The van der Waals surface area contributed by atoms with E-state index in [1.807, 2.05) is 20.8 Å². The molecule has 0 aromatic heterocycles. The van der Waals surface area contributed by atoms with Gasteiger partial charge in [-0.05, 0) is 45.1 Å². The second-order valence-corrected chi connectivity index (χ2v) is 7.73. The molecule has 6 unspecified atom stereocenters. The topological polar surface area (TPSA) is 36.9 Å². The zero-order valence-electron chi connectivity index (χ0n) is 14.8. The Balaban J connectivity index is 1.57. The van der Waals surface area contributed by atoms with E-state index in [0.29, 0.717) is 17.8 Å². The molecule has 1 aliphatic carbocycles. The highest BCUT2D eigenvalue weighted by molar-refractivity contribution is 5.21. The van der Waals surface area contributed by atoms with Crippen LogP contribution >= 0.6 is 0 Å². The predicted octanol–water partition coefficient (Wildman–Crippen LogP) is 3.71. The van der Waals surface area contributed by atoms with Crippen molar-refractivity contribution in [2.75, 3.05) is 13.2 Å². The Hall–Kier alpha value is -0.940. The number of hydrogen-bond donors (Lipinski definition) is 0.